The highest BCUT2D eigenvalue weighted by atomic mass is 79.9. The topological polar surface area (TPSA) is 20.3 Å². The zero-order chi connectivity index (χ0) is 15.0. The van der Waals surface area contributed by atoms with Gasteiger partial charge in [-0.05, 0) is 65.5 Å². The Morgan fingerprint density at radius 3 is 2.81 bits per heavy atom. The van der Waals surface area contributed by atoms with Crippen LogP contribution in [-0.2, 0) is 6.42 Å². The number of hydrogen-bond acceptors (Lipinski definition) is 1. The lowest BCUT2D eigenvalue weighted by Gasteiger charge is -2.30. The monoisotopic (exact) mass is 363 g/mol. The fraction of sp³-hybridized carbons (Fsp3) is 0.235. The van der Waals surface area contributed by atoms with Crippen molar-refractivity contribution in [1.29, 1.82) is 0 Å². The minimum Gasteiger partial charge on any atom is -0.308 e. The number of nitrogens with zero attached hydrogens (tertiary/aromatic N) is 1. The summed E-state index contributed by atoms with van der Waals surface area (Å²) in [5.41, 5.74) is 4.13. The Kier molecular flexibility index (Phi) is 4.05. The van der Waals surface area contributed by atoms with Crippen LogP contribution >= 0.6 is 27.5 Å². The summed E-state index contributed by atoms with van der Waals surface area (Å²) >= 11 is 9.45. The standard InChI is InChI=1S/C17H15BrClNO/c1-11-4-7-16-12(9-11)3-2-8-20(16)17(21)13-5-6-14(18)15(19)10-13/h4-7,9-10H,2-3,8H2,1H3. The molecule has 0 saturated carbocycles. The molecule has 2 nitrogen and oxygen atoms in total. The summed E-state index contributed by atoms with van der Waals surface area (Å²) in [6, 6.07) is 11.6. The van der Waals surface area contributed by atoms with Gasteiger partial charge in [-0.2, -0.15) is 0 Å². The van der Waals surface area contributed by atoms with Crippen molar-refractivity contribution in [2.75, 3.05) is 11.4 Å². The molecule has 108 valence electrons. The van der Waals surface area contributed by atoms with E-state index in [0.717, 1.165) is 29.5 Å². The minimum absolute atomic E-state index is 0.00852. The van der Waals surface area contributed by atoms with Crippen molar-refractivity contribution in [2.45, 2.75) is 19.8 Å². The van der Waals surface area contributed by atoms with Crippen LogP contribution in [0.2, 0.25) is 5.02 Å². The first-order valence-electron chi connectivity index (χ1n) is 6.93. The van der Waals surface area contributed by atoms with Crippen molar-refractivity contribution >= 4 is 39.1 Å². The van der Waals surface area contributed by atoms with Gasteiger partial charge in [0.15, 0.2) is 0 Å². The third-order valence-corrected chi connectivity index (χ3v) is 5.00. The predicted molar refractivity (Wildman–Crippen MR) is 90.3 cm³/mol. The summed E-state index contributed by atoms with van der Waals surface area (Å²) < 4.78 is 0.801. The normalized spacial score (nSPS) is 14.0. The number of aryl methyl sites for hydroxylation is 2. The van der Waals surface area contributed by atoms with E-state index in [0.29, 0.717) is 10.6 Å². The maximum Gasteiger partial charge on any atom is 0.258 e. The molecular formula is C17H15BrClNO. The number of hydrogen-bond donors (Lipinski definition) is 0. The number of carbonyl (C=O) groups excluding carboxylic acids is 1. The summed E-state index contributed by atoms with van der Waals surface area (Å²) in [5, 5.41) is 0.557. The lowest BCUT2D eigenvalue weighted by Crippen LogP contribution is -2.35. The van der Waals surface area contributed by atoms with Gasteiger partial charge in [-0.15, -0.1) is 0 Å². The van der Waals surface area contributed by atoms with Gasteiger partial charge >= 0.3 is 0 Å². The molecule has 0 aliphatic carbocycles. The molecule has 1 amide bonds. The van der Waals surface area contributed by atoms with Crippen molar-refractivity contribution in [1.82, 2.24) is 0 Å². The fourth-order valence-corrected chi connectivity index (χ4v) is 3.15. The SMILES string of the molecule is Cc1ccc2c(c1)CCCN2C(=O)c1ccc(Br)c(Cl)c1. The van der Waals surface area contributed by atoms with E-state index < -0.39 is 0 Å². The largest absolute Gasteiger partial charge is 0.308 e. The number of halogens is 2. The number of carbonyl (C=O) groups is 1. The Morgan fingerprint density at radius 1 is 1.24 bits per heavy atom. The molecule has 0 N–H and O–H groups in total. The van der Waals surface area contributed by atoms with E-state index >= 15 is 0 Å². The maximum atomic E-state index is 12.8. The number of amides is 1. The second-order valence-corrected chi connectivity index (χ2v) is 6.58. The molecule has 0 atom stereocenters. The van der Waals surface area contributed by atoms with Crippen LogP contribution in [0.15, 0.2) is 40.9 Å². The maximum absolute atomic E-state index is 12.8. The van der Waals surface area contributed by atoms with E-state index in [9.17, 15) is 4.79 Å². The van der Waals surface area contributed by atoms with Crippen LogP contribution in [0, 0.1) is 6.92 Å². The van der Waals surface area contributed by atoms with Crippen LogP contribution in [-0.4, -0.2) is 12.5 Å². The average molecular weight is 365 g/mol. The smallest absolute Gasteiger partial charge is 0.258 e. The van der Waals surface area contributed by atoms with Crippen LogP contribution in [0.25, 0.3) is 0 Å². The number of benzene rings is 2. The van der Waals surface area contributed by atoms with Crippen molar-refractivity contribution in [3.63, 3.8) is 0 Å². The molecule has 0 bridgehead atoms. The summed E-state index contributed by atoms with van der Waals surface area (Å²) in [4.78, 5) is 14.6. The van der Waals surface area contributed by atoms with Gasteiger partial charge in [-0.1, -0.05) is 29.3 Å². The second-order valence-electron chi connectivity index (χ2n) is 5.32. The summed E-state index contributed by atoms with van der Waals surface area (Å²) in [7, 11) is 0. The molecule has 0 saturated heterocycles. The van der Waals surface area contributed by atoms with Crippen LogP contribution in [0.5, 0.6) is 0 Å². The molecule has 2 aromatic rings. The molecule has 21 heavy (non-hydrogen) atoms. The van der Waals surface area contributed by atoms with Gasteiger partial charge in [0.2, 0.25) is 0 Å². The summed E-state index contributed by atoms with van der Waals surface area (Å²) in [6.45, 7) is 2.83. The zero-order valence-electron chi connectivity index (χ0n) is 11.7. The van der Waals surface area contributed by atoms with E-state index in [-0.39, 0.29) is 5.91 Å². The highest BCUT2D eigenvalue weighted by Gasteiger charge is 2.23. The highest BCUT2D eigenvalue weighted by molar-refractivity contribution is 9.10. The van der Waals surface area contributed by atoms with Gasteiger partial charge in [0, 0.05) is 22.3 Å². The molecule has 0 fully saturated rings. The van der Waals surface area contributed by atoms with E-state index in [2.05, 4.69) is 35.0 Å². The van der Waals surface area contributed by atoms with Crippen molar-refractivity contribution < 1.29 is 4.79 Å². The predicted octanol–water partition coefficient (Wildman–Crippen LogP) is 5.00. The molecule has 0 unspecified atom stereocenters. The average Bonchev–Trinajstić information content (AvgIpc) is 2.48. The van der Waals surface area contributed by atoms with Crippen molar-refractivity contribution in [3.05, 3.63) is 62.6 Å². The van der Waals surface area contributed by atoms with Gasteiger partial charge < -0.3 is 4.90 Å². The Balaban J connectivity index is 1.98. The number of rotatable bonds is 1. The van der Waals surface area contributed by atoms with E-state index in [1.165, 1.54) is 11.1 Å². The zero-order valence-corrected chi connectivity index (χ0v) is 14.0. The van der Waals surface area contributed by atoms with E-state index in [1.54, 1.807) is 12.1 Å². The first kappa shape index (κ1) is 14.6. The lowest BCUT2D eigenvalue weighted by molar-refractivity contribution is 0.0985. The van der Waals surface area contributed by atoms with Gasteiger partial charge in [-0.25, -0.2) is 0 Å². The third kappa shape index (κ3) is 2.85. The Hall–Kier alpha value is -1.32. The Bertz CT molecular complexity index is 714. The molecule has 4 heteroatoms. The fourth-order valence-electron chi connectivity index (χ4n) is 2.72. The quantitative estimate of drug-likeness (QED) is 0.697. The van der Waals surface area contributed by atoms with Gasteiger partial charge in [0.1, 0.15) is 0 Å². The molecule has 0 radical (unpaired) electrons. The van der Waals surface area contributed by atoms with Gasteiger partial charge in [0.25, 0.3) is 5.91 Å². The van der Waals surface area contributed by atoms with Crippen LogP contribution in [0.4, 0.5) is 5.69 Å². The molecule has 1 aliphatic heterocycles. The second kappa shape index (κ2) is 5.82. The van der Waals surface area contributed by atoms with Crippen LogP contribution in [0.3, 0.4) is 0 Å². The van der Waals surface area contributed by atoms with Crippen molar-refractivity contribution in [2.24, 2.45) is 0 Å². The molecule has 2 aromatic carbocycles. The summed E-state index contributed by atoms with van der Waals surface area (Å²) in [5.74, 6) is 0.00852. The molecule has 3 rings (SSSR count). The molecule has 0 spiro atoms. The first-order valence-corrected chi connectivity index (χ1v) is 8.10. The molecule has 1 aliphatic rings. The highest BCUT2D eigenvalue weighted by Crippen LogP contribution is 2.30. The van der Waals surface area contributed by atoms with Gasteiger partial charge in [0.05, 0.1) is 5.02 Å². The lowest BCUT2D eigenvalue weighted by atomic mass is 9.99. The minimum atomic E-state index is 0.00852. The van der Waals surface area contributed by atoms with Crippen LogP contribution in [0.1, 0.15) is 27.9 Å². The summed E-state index contributed by atoms with van der Waals surface area (Å²) in [6.07, 6.45) is 2.02. The first-order chi connectivity index (χ1) is 10.1. The van der Waals surface area contributed by atoms with E-state index in [1.807, 2.05) is 17.0 Å². The molecule has 0 aromatic heterocycles. The molecule has 1 heterocycles. The van der Waals surface area contributed by atoms with Gasteiger partial charge in [-0.3, -0.25) is 4.79 Å². The third-order valence-electron chi connectivity index (χ3n) is 3.77. The number of fused-ring (bicyclic) bond motifs is 1. The Morgan fingerprint density at radius 2 is 2.05 bits per heavy atom. The van der Waals surface area contributed by atoms with Crippen molar-refractivity contribution in [3.8, 4) is 0 Å². The number of anilines is 1. The van der Waals surface area contributed by atoms with Crippen LogP contribution < -0.4 is 4.90 Å². The molecular weight excluding hydrogens is 350 g/mol. The van der Waals surface area contributed by atoms with E-state index in [4.69, 9.17) is 11.6 Å². The Labute approximate surface area is 137 Å².